The molecule has 24 heavy (non-hydrogen) atoms. The third-order valence-corrected chi connectivity index (χ3v) is 3.84. The van der Waals surface area contributed by atoms with E-state index in [1.165, 1.54) is 7.11 Å². The van der Waals surface area contributed by atoms with Gasteiger partial charge in [0.25, 0.3) is 0 Å². The van der Waals surface area contributed by atoms with Crippen molar-refractivity contribution in [3.63, 3.8) is 0 Å². The number of hydrogen-bond donors (Lipinski definition) is 0. The largest absolute Gasteiger partial charge is 0.497 e. The molecule has 0 spiro atoms. The Balaban J connectivity index is 2.01. The van der Waals surface area contributed by atoms with Crippen LogP contribution in [0, 0.1) is 0 Å². The highest BCUT2D eigenvalue weighted by atomic mass is 16.5. The van der Waals surface area contributed by atoms with E-state index in [0.717, 1.165) is 17.9 Å². The molecule has 0 amide bonds. The molecule has 0 aromatic heterocycles. The first kappa shape index (κ1) is 18.1. The van der Waals surface area contributed by atoms with Gasteiger partial charge in [-0.25, -0.2) is 0 Å². The van der Waals surface area contributed by atoms with Crippen molar-refractivity contribution in [3.8, 4) is 5.75 Å². The highest BCUT2D eigenvalue weighted by Gasteiger charge is 2.29. The third kappa shape index (κ3) is 5.42. The van der Waals surface area contributed by atoms with Crippen LogP contribution < -0.4 is 4.74 Å². The first-order valence-electron chi connectivity index (χ1n) is 7.73. The minimum atomic E-state index is -0.311. The summed E-state index contributed by atoms with van der Waals surface area (Å²) in [6, 6.07) is 7.84. The van der Waals surface area contributed by atoms with Crippen LogP contribution in [0.25, 0.3) is 10.4 Å². The number of morpholine rings is 1. The number of methoxy groups -OCH3 is 2. The fourth-order valence-electron chi connectivity index (χ4n) is 2.74. The Hall–Kier alpha value is -2.28. The van der Waals surface area contributed by atoms with E-state index in [2.05, 4.69) is 14.9 Å². The average molecular weight is 334 g/mol. The first-order chi connectivity index (χ1) is 11.6. The summed E-state index contributed by atoms with van der Waals surface area (Å²) in [5.41, 5.74) is 9.64. The zero-order valence-corrected chi connectivity index (χ0v) is 13.9. The van der Waals surface area contributed by atoms with Crippen LogP contribution in [0.5, 0.6) is 5.75 Å². The third-order valence-electron chi connectivity index (χ3n) is 3.84. The fourth-order valence-corrected chi connectivity index (χ4v) is 2.74. The standard InChI is InChI=1S/C16H22N4O4/c1-22-13-5-3-12(4-6-13)9-20-10-14(7-16(21)23-2)24-15(11-20)8-18-19-17/h3-6,14-15H,7-11H2,1-2H3/t14-,15+/m0/s1. The molecule has 0 aliphatic carbocycles. The number of azide groups is 1. The summed E-state index contributed by atoms with van der Waals surface area (Å²) in [6.07, 6.45) is -0.326. The number of ether oxygens (including phenoxy) is 3. The number of hydrogen-bond acceptors (Lipinski definition) is 6. The van der Waals surface area contributed by atoms with E-state index in [4.69, 9.17) is 19.7 Å². The normalized spacial score (nSPS) is 20.9. The van der Waals surface area contributed by atoms with Gasteiger partial charge in [0.1, 0.15) is 5.75 Å². The molecule has 8 heteroatoms. The molecule has 1 saturated heterocycles. The van der Waals surface area contributed by atoms with Gasteiger partial charge in [0.05, 0.1) is 39.4 Å². The number of benzene rings is 1. The van der Waals surface area contributed by atoms with Gasteiger partial charge >= 0.3 is 5.97 Å². The molecule has 1 heterocycles. The number of rotatable bonds is 7. The van der Waals surface area contributed by atoms with Gasteiger partial charge in [0.2, 0.25) is 0 Å². The molecular weight excluding hydrogens is 312 g/mol. The minimum Gasteiger partial charge on any atom is -0.497 e. The van der Waals surface area contributed by atoms with Gasteiger partial charge < -0.3 is 14.2 Å². The Morgan fingerprint density at radius 3 is 2.67 bits per heavy atom. The molecule has 2 atom stereocenters. The molecule has 2 rings (SSSR count). The van der Waals surface area contributed by atoms with Gasteiger partial charge in [-0.1, -0.05) is 17.2 Å². The van der Waals surface area contributed by atoms with E-state index in [-0.39, 0.29) is 31.1 Å². The van der Waals surface area contributed by atoms with Crippen molar-refractivity contribution < 1.29 is 19.0 Å². The van der Waals surface area contributed by atoms with Crippen molar-refractivity contribution in [2.45, 2.75) is 25.2 Å². The predicted octanol–water partition coefficient (Wildman–Crippen LogP) is 2.14. The van der Waals surface area contributed by atoms with Crippen LogP contribution >= 0.6 is 0 Å². The Labute approximate surface area is 140 Å². The van der Waals surface area contributed by atoms with Gasteiger partial charge in [-0.3, -0.25) is 9.69 Å². The maximum absolute atomic E-state index is 11.5. The average Bonchev–Trinajstić information content (AvgIpc) is 2.60. The number of esters is 1. The van der Waals surface area contributed by atoms with E-state index >= 15 is 0 Å². The smallest absolute Gasteiger partial charge is 0.308 e. The van der Waals surface area contributed by atoms with E-state index in [1.54, 1.807) is 7.11 Å². The zero-order valence-electron chi connectivity index (χ0n) is 13.9. The lowest BCUT2D eigenvalue weighted by Gasteiger charge is -2.37. The first-order valence-corrected chi connectivity index (χ1v) is 7.73. The molecule has 1 aliphatic rings. The number of nitrogens with zero attached hydrogens (tertiary/aromatic N) is 4. The van der Waals surface area contributed by atoms with Crippen LogP contribution in [-0.4, -0.2) is 56.9 Å². The van der Waals surface area contributed by atoms with Gasteiger partial charge in [-0.05, 0) is 23.2 Å². The molecular formula is C16H22N4O4. The lowest BCUT2D eigenvalue weighted by Crippen LogP contribution is -2.48. The molecule has 0 unspecified atom stereocenters. The summed E-state index contributed by atoms with van der Waals surface area (Å²) in [7, 11) is 2.99. The van der Waals surface area contributed by atoms with E-state index in [0.29, 0.717) is 13.1 Å². The van der Waals surface area contributed by atoms with Gasteiger partial charge in [-0.15, -0.1) is 0 Å². The van der Waals surface area contributed by atoms with Crippen molar-refractivity contribution in [2.75, 3.05) is 33.9 Å². The maximum Gasteiger partial charge on any atom is 0.308 e. The second-order valence-corrected chi connectivity index (χ2v) is 5.62. The molecule has 0 bridgehead atoms. The zero-order chi connectivity index (χ0) is 17.4. The second-order valence-electron chi connectivity index (χ2n) is 5.62. The molecule has 1 aromatic rings. The van der Waals surface area contributed by atoms with Crippen LogP contribution in [0.3, 0.4) is 0 Å². The van der Waals surface area contributed by atoms with Crippen molar-refractivity contribution in [3.05, 3.63) is 40.3 Å². The fraction of sp³-hybridized carbons (Fsp3) is 0.562. The van der Waals surface area contributed by atoms with Crippen molar-refractivity contribution in [1.82, 2.24) is 4.90 Å². The monoisotopic (exact) mass is 334 g/mol. The van der Waals surface area contributed by atoms with Crippen LogP contribution in [0.2, 0.25) is 0 Å². The summed E-state index contributed by atoms with van der Waals surface area (Å²) >= 11 is 0. The second kappa shape index (κ2) is 9.12. The molecule has 8 nitrogen and oxygen atoms in total. The molecule has 1 aromatic carbocycles. The lowest BCUT2D eigenvalue weighted by atomic mass is 10.1. The molecule has 1 aliphatic heterocycles. The predicted molar refractivity (Wildman–Crippen MR) is 87.6 cm³/mol. The van der Waals surface area contributed by atoms with Gasteiger partial charge in [-0.2, -0.15) is 0 Å². The molecule has 1 fully saturated rings. The van der Waals surface area contributed by atoms with Gasteiger partial charge in [0.15, 0.2) is 0 Å². The van der Waals surface area contributed by atoms with Gasteiger partial charge in [0, 0.05) is 24.5 Å². The summed E-state index contributed by atoms with van der Waals surface area (Å²) < 4.78 is 15.7. The molecule has 0 saturated carbocycles. The molecule has 130 valence electrons. The molecule has 0 N–H and O–H groups in total. The van der Waals surface area contributed by atoms with E-state index in [9.17, 15) is 4.79 Å². The molecule has 0 radical (unpaired) electrons. The van der Waals surface area contributed by atoms with Crippen molar-refractivity contribution in [1.29, 1.82) is 0 Å². The maximum atomic E-state index is 11.5. The van der Waals surface area contributed by atoms with Crippen LogP contribution in [0.4, 0.5) is 0 Å². The summed E-state index contributed by atoms with van der Waals surface area (Å²) in [4.78, 5) is 16.5. The number of carbonyl (C=O) groups is 1. The summed E-state index contributed by atoms with van der Waals surface area (Å²) in [6.45, 7) is 2.22. The topological polar surface area (TPSA) is 96.8 Å². The highest BCUT2D eigenvalue weighted by Crippen LogP contribution is 2.19. The quantitative estimate of drug-likeness (QED) is 0.329. The Kier molecular flexibility index (Phi) is 6.87. The van der Waals surface area contributed by atoms with Crippen LogP contribution in [-0.2, 0) is 20.8 Å². The summed E-state index contributed by atoms with van der Waals surface area (Å²) in [5.74, 6) is 0.499. The van der Waals surface area contributed by atoms with Crippen LogP contribution in [0.15, 0.2) is 29.4 Å². The minimum absolute atomic E-state index is 0.183. The van der Waals surface area contributed by atoms with E-state index in [1.807, 2.05) is 24.3 Å². The lowest BCUT2D eigenvalue weighted by molar-refractivity contribution is -0.149. The van der Waals surface area contributed by atoms with E-state index < -0.39 is 0 Å². The highest BCUT2D eigenvalue weighted by molar-refractivity contribution is 5.69. The van der Waals surface area contributed by atoms with Crippen molar-refractivity contribution in [2.24, 2.45) is 5.11 Å². The van der Waals surface area contributed by atoms with Crippen LogP contribution in [0.1, 0.15) is 12.0 Å². The van der Waals surface area contributed by atoms with Crippen molar-refractivity contribution >= 4 is 5.97 Å². The Bertz CT molecular complexity index is 586. The summed E-state index contributed by atoms with van der Waals surface area (Å²) in [5, 5.41) is 3.59. The Morgan fingerprint density at radius 1 is 1.33 bits per heavy atom. The SMILES string of the molecule is COC(=O)C[C@H]1CN(Cc2ccc(OC)cc2)C[C@@H](CN=[N+]=[N-])O1. The number of carbonyl (C=O) groups excluding carboxylic acids is 1. The Morgan fingerprint density at radius 2 is 2.04 bits per heavy atom.